The Balaban J connectivity index is 1.66. The highest BCUT2D eigenvalue weighted by atomic mass is 16.2. The summed E-state index contributed by atoms with van der Waals surface area (Å²) in [4.78, 5) is 40.8. The zero-order valence-corrected chi connectivity index (χ0v) is 14.2. The molecule has 1 unspecified atom stereocenters. The molecule has 6 nitrogen and oxygen atoms in total. The third-order valence-corrected chi connectivity index (χ3v) is 4.76. The first kappa shape index (κ1) is 16.1. The lowest BCUT2D eigenvalue weighted by Crippen LogP contribution is -2.25. The van der Waals surface area contributed by atoms with Gasteiger partial charge in [-0.15, -0.1) is 0 Å². The Morgan fingerprint density at radius 1 is 1.15 bits per heavy atom. The molecule has 2 heterocycles. The van der Waals surface area contributed by atoms with Gasteiger partial charge in [-0.25, -0.2) is 0 Å². The van der Waals surface area contributed by atoms with Gasteiger partial charge in [0.15, 0.2) is 0 Å². The van der Waals surface area contributed by atoms with E-state index in [1.54, 1.807) is 24.4 Å². The van der Waals surface area contributed by atoms with Crippen molar-refractivity contribution in [1.82, 2.24) is 9.88 Å². The number of fused-ring (bicyclic) bond motifs is 1. The molecule has 1 aromatic heterocycles. The topological polar surface area (TPSA) is 82.3 Å². The number of nitrogens with one attached hydrogen (secondary N) is 2. The van der Waals surface area contributed by atoms with Gasteiger partial charge in [-0.3, -0.25) is 19.3 Å². The number of H-pyrrole nitrogens is 1. The molecule has 3 amide bonds. The van der Waals surface area contributed by atoms with E-state index < -0.39 is 5.92 Å². The van der Waals surface area contributed by atoms with Crippen molar-refractivity contribution >= 4 is 34.3 Å². The van der Waals surface area contributed by atoms with Crippen LogP contribution in [0.4, 0.5) is 5.69 Å². The number of rotatable bonds is 3. The van der Waals surface area contributed by atoms with Crippen LogP contribution in [0.25, 0.3) is 10.9 Å². The molecule has 3 aromatic rings. The minimum Gasteiger partial charge on any atom is -0.361 e. The van der Waals surface area contributed by atoms with Gasteiger partial charge in [-0.2, -0.15) is 0 Å². The summed E-state index contributed by atoms with van der Waals surface area (Å²) in [7, 11) is 1.50. The third kappa shape index (κ3) is 2.65. The molecule has 0 radical (unpaired) electrons. The Morgan fingerprint density at radius 2 is 1.92 bits per heavy atom. The number of hydrogen-bond acceptors (Lipinski definition) is 3. The lowest BCUT2D eigenvalue weighted by atomic mass is 9.97. The van der Waals surface area contributed by atoms with Gasteiger partial charge in [0.1, 0.15) is 0 Å². The van der Waals surface area contributed by atoms with Gasteiger partial charge in [0.25, 0.3) is 5.91 Å². The molecule has 4 rings (SSSR count). The van der Waals surface area contributed by atoms with Crippen LogP contribution < -0.4 is 5.32 Å². The highest BCUT2D eigenvalue weighted by Gasteiger charge is 2.38. The van der Waals surface area contributed by atoms with Gasteiger partial charge in [-0.05, 0) is 35.9 Å². The average Bonchev–Trinajstić information content (AvgIpc) is 3.18. The van der Waals surface area contributed by atoms with Crippen LogP contribution >= 0.6 is 0 Å². The Hall–Kier alpha value is -3.41. The van der Waals surface area contributed by atoms with E-state index in [0.717, 1.165) is 16.5 Å². The summed E-state index contributed by atoms with van der Waals surface area (Å²) < 4.78 is 0. The van der Waals surface area contributed by atoms with Gasteiger partial charge in [0.2, 0.25) is 11.8 Å². The van der Waals surface area contributed by atoms with Gasteiger partial charge in [0, 0.05) is 41.8 Å². The summed E-state index contributed by atoms with van der Waals surface area (Å²) in [6.45, 7) is 0. The van der Waals surface area contributed by atoms with Crippen molar-refractivity contribution in [1.29, 1.82) is 0 Å². The summed E-state index contributed by atoms with van der Waals surface area (Å²) in [5.41, 5.74) is 2.84. The van der Waals surface area contributed by atoms with Crippen molar-refractivity contribution in [3.05, 3.63) is 65.9 Å². The second-order valence-electron chi connectivity index (χ2n) is 6.37. The number of likely N-dealkylation sites (N-methyl/N-ethyl adjacent to an activating group) is 1. The van der Waals surface area contributed by atoms with Crippen molar-refractivity contribution in [3.63, 3.8) is 0 Å². The first-order valence-electron chi connectivity index (χ1n) is 8.32. The van der Waals surface area contributed by atoms with Crippen molar-refractivity contribution in [3.8, 4) is 0 Å². The summed E-state index contributed by atoms with van der Waals surface area (Å²) in [6.07, 6.45) is 1.94. The molecule has 1 saturated heterocycles. The molecule has 1 atom stereocenters. The van der Waals surface area contributed by atoms with E-state index in [2.05, 4.69) is 10.3 Å². The SMILES string of the molecule is CN1C(=O)CC(c2c[nH]c3ccc(NC(=O)c4ccccc4)cc23)C1=O. The van der Waals surface area contributed by atoms with Gasteiger partial charge >= 0.3 is 0 Å². The van der Waals surface area contributed by atoms with E-state index in [0.29, 0.717) is 11.3 Å². The summed E-state index contributed by atoms with van der Waals surface area (Å²) in [6, 6.07) is 14.4. The highest BCUT2D eigenvalue weighted by molar-refractivity contribution is 6.08. The summed E-state index contributed by atoms with van der Waals surface area (Å²) >= 11 is 0. The van der Waals surface area contributed by atoms with Crippen molar-refractivity contribution < 1.29 is 14.4 Å². The van der Waals surface area contributed by atoms with Crippen LogP contribution in [0.5, 0.6) is 0 Å². The number of imide groups is 1. The van der Waals surface area contributed by atoms with Crippen LogP contribution in [0, 0.1) is 0 Å². The summed E-state index contributed by atoms with van der Waals surface area (Å²) in [5, 5.41) is 3.70. The molecule has 2 aromatic carbocycles. The van der Waals surface area contributed by atoms with Gasteiger partial charge in [0.05, 0.1) is 5.92 Å². The average molecular weight is 347 g/mol. The number of benzene rings is 2. The van der Waals surface area contributed by atoms with Gasteiger partial charge in [-0.1, -0.05) is 18.2 Å². The molecule has 130 valence electrons. The summed E-state index contributed by atoms with van der Waals surface area (Å²) in [5.74, 6) is -1.06. The molecule has 0 bridgehead atoms. The van der Waals surface area contributed by atoms with Gasteiger partial charge < -0.3 is 10.3 Å². The van der Waals surface area contributed by atoms with E-state index in [-0.39, 0.29) is 24.1 Å². The third-order valence-electron chi connectivity index (χ3n) is 4.76. The Kier molecular flexibility index (Phi) is 3.80. The first-order chi connectivity index (χ1) is 12.5. The van der Waals surface area contributed by atoms with Crippen LogP contribution in [0.1, 0.15) is 28.3 Å². The fourth-order valence-electron chi connectivity index (χ4n) is 3.30. The zero-order valence-electron chi connectivity index (χ0n) is 14.2. The number of carbonyl (C=O) groups excluding carboxylic acids is 3. The highest BCUT2D eigenvalue weighted by Crippen LogP contribution is 2.34. The molecular weight excluding hydrogens is 330 g/mol. The number of nitrogens with zero attached hydrogens (tertiary/aromatic N) is 1. The quantitative estimate of drug-likeness (QED) is 0.715. The Labute approximate surface area is 149 Å². The monoisotopic (exact) mass is 347 g/mol. The molecule has 1 aliphatic rings. The van der Waals surface area contributed by atoms with E-state index in [1.165, 1.54) is 11.9 Å². The molecule has 0 aliphatic carbocycles. The molecule has 26 heavy (non-hydrogen) atoms. The number of hydrogen-bond donors (Lipinski definition) is 2. The second-order valence-corrected chi connectivity index (χ2v) is 6.37. The molecule has 1 fully saturated rings. The molecular formula is C20H17N3O3. The number of likely N-dealkylation sites (tertiary alicyclic amines) is 1. The molecule has 0 spiro atoms. The number of carbonyl (C=O) groups is 3. The smallest absolute Gasteiger partial charge is 0.255 e. The normalized spacial score (nSPS) is 17.1. The number of amides is 3. The minimum absolute atomic E-state index is 0.170. The van der Waals surface area contributed by atoms with Crippen molar-refractivity contribution in [2.24, 2.45) is 0 Å². The van der Waals surface area contributed by atoms with Crippen LogP contribution in [0.3, 0.4) is 0 Å². The number of aromatic amines is 1. The van der Waals surface area contributed by atoms with E-state index >= 15 is 0 Å². The fourth-order valence-corrected chi connectivity index (χ4v) is 3.30. The van der Waals surface area contributed by atoms with Crippen molar-refractivity contribution in [2.75, 3.05) is 12.4 Å². The minimum atomic E-state index is -0.485. The molecule has 0 saturated carbocycles. The maximum absolute atomic E-state index is 12.3. The Bertz CT molecular complexity index is 1020. The van der Waals surface area contributed by atoms with Crippen LogP contribution in [0.15, 0.2) is 54.7 Å². The largest absolute Gasteiger partial charge is 0.361 e. The van der Waals surface area contributed by atoms with Crippen LogP contribution in [0.2, 0.25) is 0 Å². The molecule has 6 heteroatoms. The van der Waals surface area contributed by atoms with Crippen LogP contribution in [-0.4, -0.2) is 34.7 Å². The molecule has 1 aliphatic heterocycles. The predicted molar refractivity (Wildman–Crippen MR) is 97.8 cm³/mol. The Morgan fingerprint density at radius 3 is 2.62 bits per heavy atom. The standard InChI is InChI=1S/C20H17N3O3/c1-23-18(24)10-15(20(23)26)16-11-21-17-8-7-13(9-14(16)17)22-19(25)12-5-3-2-4-6-12/h2-9,11,15,21H,10H2,1H3,(H,22,25). The predicted octanol–water partition coefficient (Wildman–Crippen LogP) is 2.89. The zero-order chi connectivity index (χ0) is 18.3. The van der Waals surface area contributed by atoms with E-state index in [4.69, 9.17) is 0 Å². The fraction of sp³-hybridized carbons (Fsp3) is 0.150. The number of anilines is 1. The first-order valence-corrected chi connectivity index (χ1v) is 8.32. The van der Waals surface area contributed by atoms with Crippen LogP contribution in [-0.2, 0) is 9.59 Å². The second kappa shape index (κ2) is 6.15. The lowest BCUT2D eigenvalue weighted by molar-refractivity contribution is -0.137. The maximum atomic E-state index is 12.3. The van der Waals surface area contributed by atoms with E-state index in [9.17, 15) is 14.4 Å². The number of aromatic nitrogens is 1. The lowest BCUT2D eigenvalue weighted by Gasteiger charge is -2.09. The molecule has 2 N–H and O–H groups in total. The van der Waals surface area contributed by atoms with Crippen molar-refractivity contribution in [2.45, 2.75) is 12.3 Å². The maximum Gasteiger partial charge on any atom is 0.255 e. The van der Waals surface area contributed by atoms with E-state index in [1.807, 2.05) is 30.3 Å².